The molecule has 1 saturated heterocycles. The molecule has 0 radical (unpaired) electrons. The molecule has 1 fully saturated rings. The van der Waals surface area contributed by atoms with E-state index in [4.69, 9.17) is 23.7 Å². The van der Waals surface area contributed by atoms with E-state index in [1.807, 2.05) is 0 Å². The second kappa shape index (κ2) is 14.8. The van der Waals surface area contributed by atoms with Crippen LogP contribution in [0.25, 0.3) is 0 Å². The van der Waals surface area contributed by atoms with Crippen molar-refractivity contribution in [3.05, 3.63) is 0 Å². The van der Waals surface area contributed by atoms with E-state index in [2.05, 4.69) is 22.2 Å². The molecule has 0 bridgehead atoms. The summed E-state index contributed by atoms with van der Waals surface area (Å²) in [5.74, 6) is 6.81. The van der Waals surface area contributed by atoms with Crippen LogP contribution in [-0.4, -0.2) is 103 Å². The van der Waals surface area contributed by atoms with Gasteiger partial charge in [0.05, 0.1) is 26.4 Å². The Morgan fingerprint density at radius 3 is 2.04 bits per heavy atom. The molecule has 154 valence electrons. The molecule has 0 N–H and O–H groups in total. The van der Waals surface area contributed by atoms with Crippen LogP contribution in [0.1, 0.15) is 6.42 Å². The third-order valence-electron chi connectivity index (χ3n) is 3.97. The summed E-state index contributed by atoms with van der Waals surface area (Å²) in [6, 6.07) is 0. The zero-order chi connectivity index (χ0) is 19.1. The van der Waals surface area contributed by atoms with Gasteiger partial charge in [-0.1, -0.05) is 0 Å². The molecule has 0 aromatic heterocycles. The van der Waals surface area contributed by atoms with Gasteiger partial charge in [-0.15, -0.1) is 0 Å². The molecule has 1 rings (SSSR count). The van der Waals surface area contributed by atoms with Gasteiger partial charge in [-0.25, -0.2) is 0 Å². The van der Waals surface area contributed by atoms with Crippen molar-refractivity contribution in [1.82, 2.24) is 4.90 Å². The number of nitrogens with zero attached hydrogens (tertiary/aromatic N) is 1. The summed E-state index contributed by atoms with van der Waals surface area (Å²) in [4.78, 5) is 13.9. The number of carbonyl (C=O) groups excluding carboxylic acids is 1. The van der Waals surface area contributed by atoms with Crippen LogP contribution in [0, 0.1) is 0 Å². The van der Waals surface area contributed by atoms with Crippen molar-refractivity contribution < 1.29 is 28.5 Å². The Hall–Kier alpha value is -0.187. The number of carbonyl (C=O) groups is 1. The van der Waals surface area contributed by atoms with Crippen LogP contribution in [0.3, 0.4) is 0 Å². The standard InChI is InChI=1S/C18H37GeNO6/c1-19(2,3)5-4-18(21)26-17-16-24-11-8-20-6-9-22-12-14-25-15-13-23-10-7-20/h4-17H2,1-3H3. The number of hydrogen-bond donors (Lipinski definition) is 0. The van der Waals surface area contributed by atoms with Crippen molar-refractivity contribution in [2.24, 2.45) is 0 Å². The van der Waals surface area contributed by atoms with Gasteiger partial charge >= 0.3 is 120 Å². The zero-order valence-electron chi connectivity index (χ0n) is 16.8. The van der Waals surface area contributed by atoms with Crippen molar-refractivity contribution in [1.29, 1.82) is 0 Å². The molecule has 1 aliphatic rings. The summed E-state index contributed by atoms with van der Waals surface area (Å²) in [7, 11) is 0. The summed E-state index contributed by atoms with van der Waals surface area (Å²) < 4.78 is 27.3. The molecule has 0 spiro atoms. The molecule has 0 aromatic rings. The Labute approximate surface area is 161 Å². The summed E-state index contributed by atoms with van der Waals surface area (Å²) >= 11 is -1.65. The third-order valence-corrected chi connectivity index (χ3v) is 7.64. The van der Waals surface area contributed by atoms with Crippen molar-refractivity contribution in [2.45, 2.75) is 28.9 Å². The number of hydrogen-bond acceptors (Lipinski definition) is 7. The van der Waals surface area contributed by atoms with E-state index in [0.717, 1.165) is 24.9 Å². The fourth-order valence-electron chi connectivity index (χ4n) is 2.32. The van der Waals surface area contributed by atoms with Gasteiger partial charge in [0.25, 0.3) is 0 Å². The van der Waals surface area contributed by atoms with Crippen LogP contribution in [0.2, 0.25) is 22.5 Å². The fourth-order valence-corrected chi connectivity index (χ4v) is 4.33. The summed E-state index contributed by atoms with van der Waals surface area (Å²) in [5.41, 5.74) is 0. The molecule has 1 aliphatic heterocycles. The Bertz CT molecular complexity index is 352. The summed E-state index contributed by atoms with van der Waals surface area (Å²) in [6.07, 6.45) is 0.544. The Kier molecular flexibility index (Phi) is 13.6. The first-order valence-corrected chi connectivity index (χ1v) is 17.4. The number of esters is 1. The van der Waals surface area contributed by atoms with Gasteiger partial charge in [0.2, 0.25) is 0 Å². The van der Waals surface area contributed by atoms with Gasteiger partial charge < -0.3 is 14.2 Å². The van der Waals surface area contributed by atoms with E-state index in [-0.39, 0.29) is 5.97 Å². The molecule has 0 aliphatic carbocycles. The van der Waals surface area contributed by atoms with Crippen LogP contribution in [-0.2, 0) is 28.5 Å². The Balaban J connectivity index is 2.05. The van der Waals surface area contributed by atoms with Gasteiger partial charge in [0.1, 0.15) is 0 Å². The second-order valence-electron chi connectivity index (χ2n) is 7.57. The van der Waals surface area contributed by atoms with Crippen molar-refractivity contribution in [3.63, 3.8) is 0 Å². The first kappa shape index (κ1) is 23.9. The molecule has 0 aromatic carbocycles. The van der Waals surface area contributed by atoms with E-state index >= 15 is 0 Å². The average molecular weight is 436 g/mol. The van der Waals surface area contributed by atoms with E-state index in [1.165, 1.54) is 0 Å². The number of ether oxygens (including phenoxy) is 5. The molecule has 8 heteroatoms. The van der Waals surface area contributed by atoms with Crippen LogP contribution >= 0.6 is 0 Å². The van der Waals surface area contributed by atoms with Crippen LogP contribution < -0.4 is 0 Å². The maximum atomic E-state index is 11.7. The van der Waals surface area contributed by atoms with Gasteiger partial charge in [-0.3, -0.25) is 0 Å². The van der Waals surface area contributed by atoms with E-state index < -0.39 is 13.3 Å². The Morgan fingerprint density at radius 2 is 1.46 bits per heavy atom. The fraction of sp³-hybridized carbons (Fsp3) is 0.944. The van der Waals surface area contributed by atoms with E-state index in [0.29, 0.717) is 65.9 Å². The average Bonchev–Trinajstić information content (AvgIpc) is 2.57. The number of rotatable bonds is 9. The van der Waals surface area contributed by atoms with E-state index in [9.17, 15) is 4.79 Å². The quantitative estimate of drug-likeness (QED) is 0.310. The molecule has 0 saturated carbocycles. The SMILES string of the molecule is [CH3][Ge]([CH3])([CH3])[CH2]CC(=O)OCCOCCN1CCOCCOCCOCC1. The van der Waals surface area contributed by atoms with Gasteiger partial charge in [-0.05, 0) is 0 Å². The van der Waals surface area contributed by atoms with E-state index in [1.54, 1.807) is 0 Å². The predicted octanol–water partition coefficient (Wildman–Crippen LogP) is 1.64. The topological polar surface area (TPSA) is 66.5 Å². The Morgan fingerprint density at radius 1 is 0.885 bits per heavy atom. The summed E-state index contributed by atoms with van der Waals surface area (Å²) in [6.45, 7) is 7.73. The molecule has 1 heterocycles. The molecular weight excluding hydrogens is 399 g/mol. The molecule has 0 atom stereocenters. The molecule has 0 amide bonds. The van der Waals surface area contributed by atoms with Gasteiger partial charge in [0, 0.05) is 0 Å². The molecular formula is C18H37GeNO6. The normalized spacial score (nSPS) is 18.7. The second-order valence-corrected chi connectivity index (χ2v) is 19.4. The van der Waals surface area contributed by atoms with Crippen molar-refractivity contribution >= 4 is 19.2 Å². The first-order valence-electron chi connectivity index (χ1n) is 9.66. The maximum absolute atomic E-state index is 11.7. The first-order chi connectivity index (χ1) is 12.5. The molecule has 0 unspecified atom stereocenters. The monoisotopic (exact) mass is 437 g/mol. The van der Waals surface area contributed by atoms with Crippen LogP contribution in [0.4, 0.5) is 0 Å². The van der Waals surface area contributed by atoms with Gasteiger partial charge in [0.15, 0.2) is 0 Å². The summed E-state index contributed by atoms with van der Waals surface area (Å²) in [5, 5.41) is 1.02. The van der Waals surface area contributed by atoms with Crippen molar-refractivity contribution in [2.75, 3.05) is 79.1 Å². The molecule has 26 heavy (non-hydrogen) atoms. The van der Waals surface area contributed by atoms with Crippen LogP contribution in [0.5, 0.6) is 0 Å². The minimum absolute atomic E-state index is 0.101. The van der Waals surface area contributed by atoms with Crippen LogP contribution in [0.15, 0.2) is 0 Å². The predicted molar refractivity (Wildman–Crippen MR) is 103 cm³/mol. The van der Waals surface area contributed by atoms with Crippen molar-refractivity contribution in [3.8, 4) is 0 Å². The zero-order valence-corrected chi connectivity index (χ0v) is 18.9. The third kappa shape index (κ3) is 14.9. The minimum atomic E-state index is -1.65. The molecule has 7 nitrogen and oxygen atoms in total. The van der Waals surface area contributed by atoms with Gasteiger partial charge in [-0.2, -0.15) is 0 Å².